The summed E-state index contributed by atoms with van der Waals surface area (Å²) in [6, 6.07) is 3.96. The molecule has 0 saturated heterocycles. The van der Waals surface area contributed by atoms with Crippen LogP contribution in [0, 0.1) is 11.3 Å². The number of amides is 1. The maximum Gasteiger partial charge on any atom is 0.260 e. The Kier molecular flexibility index (Phi) is 6.40. The molecule has 1 amide bonds. The molecule has 0 unspecified atom stereocenters. The third kappa shape index (κ3) is 3.67. The number of carbonyl (C=O) groups is 1. The Bertz CT molecular complexity index is 552. The highest BCUT2D eigenvalue weighted by Gasteiger charge is 2.17. The lowest BCUT2D eigenvalue weighted by Crippen LogP contribution is -2.14. The van der Waals surface area contributed by atoms with Crippen molar-refractivity contribution in [2.24, 2.45) is 5.73 Å². The van der Waals surface area contributed by atoms with Crippen LogP contribution in [0.4, 0.5) is 0 Å². The molecule has 20 heavy (non-hydrogen) atoms. The van der Waals surface area contributed by atoms with Crippen molar-refractivity contribution in [1.29, 1.82) is 5.26 Å². The number of nitriles is 1. The number of H-pyrrole nitrogens is 1. The Morgan fingerprint density at radius 1 is 1.45 bits per heavy atom. The lowest BCUT2D eigenvalue weighted by Gasteiger charge is -2.05. The van der Waals surface area contributed by atoms with Crippen LogP contribution in [-0.2, 0) is 17.6 Å². The zero-order valence-electron chi connectivity index (χ0n) is 12.2. The van der Waals surface area contributed by atoms with Crippen LogP contribution in [-0.4, -0.2) is 16.6 Å². The van der Waals surface area contributed by atoms with Gasteiger partial charge in [-0.3, -0.25) is 4.79 Å². The number of nitrogens with zero attached hydrogens (tertiary/aromatic N) is 1. The van der Waals surface area contributed by atoms with Crippen molar-refractivity contribution >= 4 is 22.6 Å². The molecule has 0 atom stereocenters. The summed E-state index contributed by atoms with van der Waals surface area (Å²) in [5.74, 6) is 0.102. The summed E-state index contributed by atoms with van der Waals surface area (Å²) in [5.41, 5.74) is 8.58. The Morgan fingerprint density at radius 2 is 2.15 bits per heavy atom. The highest BCUT2D eigenvalue weighted by molar-refractivity contribution is 8.08. The van der Waals surface area contributed by atoms with Crippen molar-refractivity contribution in [3.63, 3.8) is 0 Å². The molecule has 0 aliphatic carbocycles. The smallest absolute Gasteiger partial charge is 0.260 e. The van der Waals surface area contributed by atoms with Gasteiger partial charge in [0.2, 0.25) is 0 Å². The molecule has 0 bridgehead atoms. The number of carbonyl (C=O) groups excluding carboxylic acids is 1. The van der Waals surface area contributed by atoms with E-state index in [0.29, 0.717) is 4.91 Å². The number of thioether (sulfide) groups is 1. The molecule has 108 valence electrons. The van der Waals surface area contributed by atoms with Crippen molar-refractivity contribution in [1.82, 2.24) is 4.98 Å². The Labute approximate surface area is 124 Å². The van der Waals surface area contributed by atoms with Crippen LogP contribution in [0.1, 0.15) is 44.1 Å². The van der Waals surface area contributed by atoms with Crippen molar-refractivity contribution in [3.05, 3.63) is 28.6 Å². The van der Waals surface area contributed by atoms with Gasteiger partial charge in [-0.2, -0.15) is 5.26 Å². The molecule has 0 radical (unpaired) electrons. The third-order valence-electron chi connectivity index (χ3n) is 2.99. The third-order valence-corrected chi connectivity index (χ3v) is 3.99. The first-order valence-electron chi connectivity index (χ1n) is 6.86. The van der Waals surface area contributed by atoms with Gasteiger partial charge >= 0.3 is 0 Å². The Hall–Kier alpha value is -1.67. The molecule has 0 saturated carbocycles. The van der Waals surface area contributed by atoms with Crippen molar-refractivity contribution < 1.29 is 4.79 Å². The van der Waals surface area contributed by atoms with E-state index in [2.05, 4.69) is 18.8 Å². The van der Waals surface area contributed by atoms with E-state index in [4.69, 9.17) is 11.0 Å². The van der Waals surface area contributed by atoms with E-state index in [-0.39, 0.29) is 5.57 Å². The maximum absolute atomic E-state index is 11.4. The first-order chi connectivity index (χ1) is 9.58. The topological polar surface area (TPSA) is 82.7 Å². The first kappa shape index (κ1) is 16.4. The molecule has 5 heteroatoms. The first-order valence-corrected chi connectivity index (χ1v) is 7.85. The number of hydrogen-bond acceptors (Lipinski definition) is 3. The lowest BCUT2D eigenvalue weighted by molar-refractivity contribution is -0.114. The maximum atomic E-state index is 11.4. The molecule has 1 aromatic heterocycles. The minimum absolute atomic E-state index is 0.0313. The number of aryl methyl sites for hydroxylation is 2. The second-order valence-electron chi connectivity index (χ2n) is 4.40. The number of aromatic amines is 1. The van der Waals surface area contributed by atoms with Gasteiger partial charge in [0.05, 0.1) is 10.6 Å². The zero-order chi connectivity index (χ0) is 15.1. The summed E-state index contributed by atoms with van der Waals surface area (Å²) >= 11 is 1.47. The van der Waals surface area contributed by atoms with Gasteiger partial charge in [-0.1, -0.05) is 27.2 Å². The molecule has 0 aliphatic heterocycles. The van der Waals surface area contributed by atoms with Gasteiger partial charge in [0.25, 0.3) is 5.91 Å². The second-order valence-corrected chi connectivity index (χ2v) is 5.68. The summed E-state index contributed by atoms with van der Waals surface area (Å²) in [6.45, 7) is 6.21. The molecular weight excluding hydrogens is 270 g/mol. The van der Waals surface area contributed by atoms with Crippen LogP contribution in [0.3, 0.4) is 0 Å². The van der Waals surface area contributed by atoms with E-state index < -0.39 is 5.91 Å². The highest BCUT2D eigenvalue weighted by atomic mass is 32.2. The van der Waals surface area contributed by atoms with Gasteiger partial charge in [-0.25, -0.2) is 0 Å². The van der Waals surface area contributed by atoms with E-state index in [9.17, 15) is 4.79 Å². The number of hydrogen-bond donors (Lipinski definition) is 2. The van der Waals surface area contributed by atoms with Gasteiger partial charge in [0.15, 0.2) is 0 Å². The second kappa shape index (κ2) is 7.81. The van der Waals surface area contributed by atoms with Crippen LogP contribution in [0.5, 0.6) is 0 Å². The predicted octanol–water partition coefficient (Wildman–Crippen LogP) is 3.00. The lowest BCUT2D eigenvalue weighted by atomic mass is 10.1. The highest BCUT2D eigenvalue weighted by Crippen LogP contribution is 2.31. The van der Waals surface area contributed by atoms with Crippen LogP contribution in [0.2, 0.25) is 0 Å². The molecule has 0 fully saturated rings. The zero-order valence-corrected chi connectivity index (χ0v) is 13.1. The molecule has 1 aromatic rings. The minimum Gasteiger partial charge on any atom is -0.365 e. The van der Waals surface area contributed by atoms with Crippen LogP contribution in [0.15, 0.2) is 11.6 Å². The van der Waals surface area contributed by atoms with Crippen LogP contribution >= 0.6 is 11.8 Å². The Balaban J connectivity index is 3.36. The number of primary amides is 1. The largest absolute Gasteiger partial charge is 0.365 e. The fourth-order valence-corrected chi connectivity index (χ4v) is 2.94. The quantitative estimate of drug-likeness (QED) is 0.598. The number of aromatic nitrogens is 1. The normalized spacial score (nSPS) is 11.9. The van der Waals surface area contributed by atoms with Crippen molar-refractivity contribution in [2.75, 3.05) is 5.75 Å². The SMILES string of the molecule is CCCc1[nH]c(/C(SCC)=C(\C#N)C(N)=O)cc1CC. The minimum atomic E-state index is -0.673. The van der Waals surface area contributed by atoms with Gasteiger partial charge in [-0.05, 0) is 30.2 Å². The molecule has 4 nitrogen and oxygen atoms in total. The fourth-order valence-electron chi connectivity index (χ4n) is 2.10. The summed E-state index contributed by atoms with van der Waals surface area (Å²) in [4.78, 5) is 15.4. The molecule has 3 N–H and O–H groups in total. The van der Waals surface area contributed by atoms with E-state index in [0.717, 1.165) is 30.7 Å². The average Bonchev–Trinajstić information content (AvgIpc) is 2.81. The van der Waals surface area contributed by atoms with Gasteiger partial charge in [0, 0.05) is 5.69 Å². The Morgan fingerprint density at radius 3 is 2.60 bits per heavy atom. The summed E-state index contributed by atoms with van der Waals surface area (Å²) < 4.78 is 0. The van der Waals surface area contributed by atoms with E-state index in [1.165, 1.54) is 23.0 Å². The molecule has 1 rings (SSSR count). The fraction of sp³-hybridized carbons (Fsp3) is 0.467. The van der Waals surface area contributed by atoms with Gasteiger partial charge in [0.1, 0.15) is 11.6 Å². The number of nitrogens with one attached hydrogen (secondary N) is 1. The summed E-state index contributed by atoms with van der Waals surface area (Å²) in [6.07, 6.45) is 2.94. The molecule has 0 aromatic carbocycles. The van der Waals surface area contributed by atoms with Crippen LogP contribution < -0.4 is 5.73 Å². The average molecular weight is 291 g/mol. The van der Waals surface area contributed by atoms with Crippen LogP contribution in [0.25, 0.3) is 4.91 Å². The van der Waals surface area contributed by atoms with Gasteiger partial charge < -0.3 is 10.7 Å². The number of nitrogens with two attached hydrogens (primary N) is 1. The van der Waals surface area contributed by atoms with E-state index >= 15 is 0 Å². The standard InChI is InChI=1S/C15H21N3OS/c1-4-7-12-10(5-2)8-13(18-12)14(20-6-3)11(9-16)15(17)19/h8,18H,4-7H2,1-3H3,(H2,17,19)/b14-11-. The summed E-state index contributed by atoms with van der Waals surface area (Å²) in [7, 11) is 0. The number of rotatable bonds is 7. The molecule has 0 aliphatic rings. The summed E-state index contributed by atoms with van der Waals surface area (Å²) in [5, 5.41) is 9.16. The molecule has 1 heterocycles. The molecule has 0 spiro atoms. The molecular formula is C15H21N3OS. The van der Waals surface area contributed by atoms with Crippen molar-refractivity contribution in [3.8, 4) is 6.07 Å². The van der Waals surface area contributed by atoms with E-state index in [1.54, 1.807) is 0 Å². The predicted molar refractivity (Wildman–Crippen MR) is 84.0 cm³/mol. The van der Waals surface area contributed by atoms with Crippen molar-refractivity contribution in [2.45, 2.75) is 40.0 Å². The monoisotopic (exact) mass is 291 g/mol. The van der Waals surface area contributed by atoms with E-state index in [1.807, 2.05) is 19.1 Å². The van der Waals surface area contributed by atoms with Gasteiger partial charge in [-0.15, -0.1) is 11.8 Å².